The number of β-lactam (4-membered cyclic amide) rings is 1. The Balaban J connectivity index is 1.03. The Hall–Kier alpha value is -4.46. The summed E-state index contributed by atoms with van der Waals surface area (Å²) in [7, 11) is 0. The molecule has 4 N–H and O–H groups in total. The lowest BCUT2D eigenvalue weighted by Crippen LogP contribution is -2.57. The first kappa shape index (κ1) is 35.0. The average Bonchev–Trinajstić information content (AvgIpc) is 3.61. The summed E-state index contributed by atoms with van der Waals surface area (Å²) in [6, 6.07) is 17.6. The van der Waals surface area contributed by atoms with Gasteiger partial charge in [0.25, 0.3) is 5.91 Å². The number of hydrogen-bond acceptors (Lipinski definition) is 9. The number of halogens is 1. The van der Waals surface area contributed by atoms with Crippen LogP contribution in [-0.4, -0.2) is 70.9 Å². The van der Waals surface area contributed by atoms with Gasteiger partial charge in [-0.1, -0.05) is 61.9 Å². The van der Waals surface area contributed by atoms with Gasteiger partial charge >= 0.3 is 5.97 Å². The number of carbonyl (C=O) groups is 4. The third-order valence-electron chi connectivity index (χ3n) is 9.09. The molecule has 2 heterocycles. The molecule has 3 aliphatic rings. The summed E-state index contributed by atoms with van der Waals surface area (Å²) in [4.78, 5) is 51.9. The minimum Gasteiger partial charge on any atom is -0.484 e. The van der Waals surface area contributed by atoms with Crippen molar-refractivity contribution in [2.75, 3.05) is 30.6 Å². The normalized spacial score (nSPS) is 20.4. The standard InChI is InChI=1S/C37H40ClN3O9S/c38-25-9-11-26(12-10-25)41-34(35(36(41)45)51-20-29(42)24-8-15-30-31(17-24)50-21-49-30)23-6-13-27(14-7-23)48-19-33(44)39-18-32(43)40-28(37(46)47)16-22-4-2-1-3-5-22/h6-15,17,22,28-29,34-35,42H,1-5,16,18-21H2,(H,39,44)(H,40,43)(H,46,47)/t28-,29?,34+,35+/m0/s1/i22D. The second-order valence-electron chi connectivity index (χ2n) is 12.6. The zero-order chi connectivity index (χ0) is 36.8. The van der Waals surface area contributed by atoms with Crippen molar-refractivity contribution in [1.82, 2.24) is 10.6 Å². The highest BCUT2D eigenvalue weighted by atomic mass is 35.5. The van der Waals surface area contributed by atoms with Crippen molar-refractivity contribution in [2.24, 2.45) is 5.89 Å². The van der Waals surface area contributed by atoms with Gasteiger partial charge in [0.2, 0.25) is 18.6 Å². The first-order valence-corrected chi connectivity index (χ1v) is 18.2. The smallest absolute Gasteiger partial charge is 0.326 e. The maximum atomic E-state index is 13.5. The predicted molar refractivity (Wildman–Crippen MR) is 191 cm³/mol. The van der Waals surface area contributed by atoms with E-state index in [1.54, 1.807) is 71.6 Å². The first-order chi connectivity index (χ1) is 25.0. The largest absolute Gasteiger partial charge is 0.484 e. The number of aliphatic hydroxyl groups excluding tert-OH is 1. The molecule has 1 aliphatic carbocycles. The van der Waals surface area contributed by atoms with Gasteiger partial charge in [0.15, 0.2) is 18.1 Å². The van der Waals surface area contributed by atoms with E-state index >= 15 is 0 Å². The van der Waals surface area contributed by atoms with E-state index in [2.05, 4.69) is 10.6 Å². The minimum absolute atomic E-state index is 0.0101. The molecule has 3 amide bonds. The number of aliphatic carboxylic acids is 1. The molecule has 1 saturated heterocycles. The van der Waals surface area contributed by atoms with Crippen LogP contribution in [0.5, 0.6) is 17.2 Å². The quantitative estimate of drug-likeness (QED) is 0.156. The maximum Gasteiger partial charge on any atom is 0.326 e. The molecule has 4 atom stereocenters. The Morgan fingerprint density at radius 2 is 1.73 bits per heavy atom. The number of anilines is 1. The fourth-order valence-corrected chi connectivity index (χ4v) is 7.81. The monoisotopic (exact) mass is 738 g/mol. The first-order valence-electron chi connectivity index (χ1n) is 17.3. The van der Waals surface area contributed by atoms with E-state index in [9.17, 15) is 29.4 Å². The van der Waals surface area contributed by atoms with Crippen molar-refractivity contribution in [3.63, 3.8) is 0 Å². The summed E-state index contributed by atoms with van der Waals surface area (Å²) >= 11 is 7.46. The molecule has 14 heteroatoms. The number of thioether (sulfide) groups is 1. The maximum absolute atomic E-state index is 13.5. The molecule has 6 rings (SSSR count). The second-order valence-corrected chi connectivity index (χ2v) is 14.2. The Kier molecular flexibility index (Phi) is 11.5. The fourth-order valence-electron chi connectivity index (χ4n) is 6.38. The summed E-state index contributed by atoms with van der Waals surface area (Å²) in [5, 5.41) is 25.5. The highest BCUT2D eigenvalue weighted by Crippen LogP contribution is 2.46. The number of aliphatic hydroxyl groups is 1. The van der Waals surface area contributed by atoms with Gasteiger partial charge in [0.05, 0.1) is 18.7 Å². The zero-order valence-corrected chi connectivity index (χ0v) is 29.3. The fraction of sp³-hybridized carbons (Fsp3) is 0.405. The number of amides is 3. The third-order valence-corrected chi connectivity index (χ3v) is 10.7. The number of nitrogens with zero attached hydrogens (tertiary/aromatic N) is 1. The van der Waals surface area contributed by atoms with Crippen LogP contribution in [0.25, 0.3) is 0 Å². The van der Waals surface area contributed by atoms with E-state index in [-0.39, 0.29) is 37.5 Å². The van der Waals surface area contributed by atoms with Crippen LogP contribution in [-0.2, 0) is 19.2 Å². The molecular formula is C37H40ClN3O9S. The van der Waals surface area contributed by atoms with Crippen LogP contribution >= 0.6 is 23.4 Å². The molecule has 0 radical (unpaired) electrons. The molecule has 0 bridgehead atoms. The summed E-state index contributed by atoms with van der Waals surface area (Å²) in [5.74, 6) is -1.63. The topological polar surface area (TPSA) is 164 Å². The minimum atomic E-state index is -1.21. The Morgan fingerprint density at radius 3 is 2.45 bits per heavy atom. The van der Waals surface area contributed by atoms with E-state index in [1.165, 1.54) is 11.8 Å². The molecule has 3 aromatic carbocycles. The number of nitrogens with one attached hydrogen (secondary N) is 2. The molecular weight excluding hydrogens is 698 g/mol. The van der Waals surface area contributed by atoms with Crippen LogP contribution in [0.4, 0.5) is 5.69 Å². The van der Waals surface area contributed by atoms with Gasteiger partial charge < -0.3 is 40.0 Å². The van der Waals surface area contributed by atoms with Gasteiger partial charge in [-0.3, -0.25) is 14.4 Å². The SMILES string of the molecule is [2H]C1(C[C@H](NC(=O)CNC(=O)COc2ccc([C@@H]3[C@@H](SCC(O)c4ccc5c(c4)OCO5)C(=O)N3c3ccc(Cl)cc3)cc2)C(=O)O)CCCCC1. The van der Waals surface area contributed by atoms with Crippen molar-refractivity contribution in [3.05, 3.63) is 82.9 Å². The number of rotatable bonds is 15. The van der Waals surface area contributed by atoms with Gasteiger partial charge in [0.1, 0.15) is 17.0 Å². The van der Waals surface area contributed by atoms with Crippen molar-refractivity contribution >= 4 is 52.7 Å². The van der Waals surface area contributed by atoms with E-state index in [0.29, 0.717) is 46.4 Å². The van der Waals surface area contributed by atoms with Crippen LogP contribution in [0.3, 0.4) is 0 Å². The van der Waals surface area contributed by atoms with E-state index < -0.39 is 47.6 Å². The molecule has 12 nitrogen and oxygen atoms in total. The Labute approximate surface area is 306 Å². The summed E-state index contributed by atoms with van der Waals surface area (Å²) in [6.07, 6.45) is 3.08. The zero-order valence-electron chi connectivity index (χ0n) is 28.7. The molecule has 3 aromatic rings. The van der Waals surface area contributed by atoms with Crippen molar-refractivity contribution in [1.29, 1.82) is 0 Å². The van der Waals surface area contributed by atoms with Crippen LogP contribution in [0, 0.1) is 5.89 Å². The molecule has 270 valence electrons. The molecule has 2 aliphatic heterocycles. The lowest BCUT2D eigenvalue weighted by molar-refractivity contribution is -0.142. The Morgan fingerprint density at radius 1 is 1.00 bits per heavy atom. The second kappa shape index (κ2) is 16.7. The van der Waals surface area contributed by atoms with E-state index in [0.717, 1.165) is 24.8 Å². The summed E-state index contributed by atoms with van der Waals surface area (Å²) < 4.78 is 25.0. The van der Waals surface area contributed by atoms with Gasteiger partial charge in [-0.15, -0.1) is 11.8 Å². The number of ether oxygens (including phenoxy) is 3. The van der Waals surface area contributed by atoms with Crippen molar-refractivity contribution in [3.8, 4) is 17.2 Å². The lowest BCUT2D eigenvalue weighted by atomic mass is 9.85. The molecule has 2 fully saturated rings. The number of carboxylic acid groups (broad SMARTS) is 1. The molecule has 1 saturated carbocycles. The number of carbonyl (C=O) groups excluding carboxylic acids is 3. The molecule has 51 heavy (non-hydrogen) atoms. The lowest BCUT2D eigenvalue weighted by Gasteiger charge is -2.47. The number of benzene rings is 3. The summed E-state index contributed by atoms with van der Waals surface area (Å²) in [6.45, 7) is -0.697. The van der Waals surface area contributed by atoms with Crippen molar-refractivity contribution < 1.29 is 45.0 Å². The van der Waals surface area contributed by atoms with Gasteiger partial charge in [0, 0.05) is 17.8 Å². The average molecular weight is 739 g/mol. The van der Waals surface area contributed by atoms with Crippen LogP contribution in [0.2, 0.25) is 5.02 Å². The van der Waals surface area contributed by atoms with Crippen molar-refractivity contribution in [2.45, 2.75) is 62.0 Å². The predicted octanol–water partition coefficient (Wildman–Crippen LogP) is 5.03. The van der Waals surface area contributed by atoms with E-state index in [4.69, 9.17) is 27.2 Å². The van der Waals surface area contributed by atoms with Gasteiger partial charge in [-0.05, 0) is 72.0 Å². The molecule has 1 unspecified atom stereocenters. The molecule has 0 aromatic heterocycles. The third kappa shape index (κ3) is 9.07. The van der Waals surface area contributed by atoms with Crippen LogP contribution in [0.15, 0.2) is 66.7 Å². The van der Waals surface area contributed by atoms with Crippen LogP contribution < -0.4 is 29.7 Å². The van der Waals surface area contributed by atoms with Gasteiger partial charge in [-0.2, -0.15) is 0 Å². The number of carboxylic acids is 1. The highest BCUT2D eigenvalue weighted by Gasteiger charge is 2.49. The highest BCUT2D eigenvalue weighted by molar-refractivity contribution is 8.00. The van der Waals surface area contributed by atoms with Crippen LogP contribution in [0.1, 0.15) is 63.2 Å². The number of fused-ring (bicyclic) bond motifs is 1. The number of hydrogen-bond donors (Lipinski definition) is 4. The Bertz CT molecular complexity index is 1770. The van der Waals surface area contributed by atoms with E-state index in [1.807, 2.05) is 0 Å². The summed E-state index contributed by atoms with van der Waals surface area (Å²) in [5.41, 5.74) is 2.15. The van der Waals surface area contributed by atoms with Gasteiger partial charge in [-0.25, -0.2) is 4.79 Å². The molecule has 0 spiro atoms.